The van der Waals surface area contributed by atoms with Crippen LogP contribution >= 0.6 is 0 Å². The molecule has 1 aromatic carbocycles. The third kappa shape index (κ3) is 5.58. The number of amides is 2. The van der Waals surface area contributed by atoms with Gasteiger partial charge in [0.2, 0.25) is 0 Å². The molecule has 0 radical (unpaired) electrons. The summed E-state index contributed by atoms with van der Waals surface area (Å²) < 4.78 is 0. The molecule has 164 valence electrons. The highest BCUT2D eigenvalue weighted by Gasteiger charge is 2.35. The molecule has 4 N–H and O–H groups in total. The number of nitrogens with zero attached hydrogens (tertiary/aromatic N) is 3. The minimum atomic E-state index is -0.589. The van der Waals surface area contributed by atoms with E-state index in [2.05, 4.69) is 51.9 Å². The van der Waals surface area contributed by atoms with Gasteiger partial charge in [-0.05, 0) is 44.0 Å². The Morgan fingerprint density at radius 3 is 2.70 bits per heavy atom. The standard InChI is InChI=1S/C22H34N6O2/c1-15-4-9-20(17-7-5-16(6-8-17)14-27(2)3)28(13-15)22(30)21(29)26-19-10-11-24-25-12-18(19)23/h5-8,11,15,18-20,25H,4,9-10,12-14,23H2,1-3H3,(H,26,29)/t15-,18?,19-,20+/m0/s1. The van der Waals surface area contributed by atoms with Crippen LogP contribution in [0.2, 0.25) is 0 Å². The second kappa shape index (κ2) is 10.0. The van der Waals surface area contributed by atoms with Gasteiger partial charge in [-0.15, -0.1) is 0 Å². The summed E-state index contributed by atoms with van der Waals surface area (Å²) in [5.41, 5.74) is 11.2. The van der Waals surface area contributed by atoms with Crippen molar-refractivity contribution < 1.29 is 9.59 Å². The van der Waals surface area contributed by atoms with Crippen LogP contribution in [0.1, 0.15) is 43.4 Å². The van der Waals surface area contributed by atoms with Crippen LogP contribution in [0.5, 0.6) is 0 Å². The number of nitrogens with one attached hydrogen (secondary N) is 2. The average molecular weight is 415 g/mol. The molecule has 2 amide bonds. The van der Waals surface area contributed by atoms with Crippen molar-refractivity contribution >= 4 is 18.0 Å². The van der Waals surface area contributed by atoms with E-state index in [9.17, 15) is 9.59 Å². The van der Waals surface area contributed by atoms with Crippen LogP contribution < -0.4 is 16.5 Å². The predicted octanol–water partition coefficient (Wildman–Crippen LogP) is 0.839. The van der Waals surface area contributed by atoms with Crippen LogP contribution in [0.3, 0.4) is 0 Å². The Morgan fingerprint density at radius 2 is 2.00 bits per heavy atom. The molecule has 1 unspecified atom stereocenters. The van der Waals surface area contributed by atoms with Crippen molar-refractivity contribution in [2.24, 2.45) is 16.8 Å². The fourth-order valence-electron chi connectivity index (χ4n) is 4.17. The summed E-state index contributed by atoms with van der Waals surface area (Å²) in [5, 5.41) is 6.83. The van der Waals surface area contributed by atoms with E-state index in [0.29, 0.717) is 25.4 Å². The Balaban J connectivity index is 1.72. The summed E-state index contributed by atoms with van der Waals surface area (Å²) in [5.74, 6) is -0.707. The first-order valence-corrected chi connectivity index (χ1v) is 10.7. The largest absolute Gasteiger partial charge is 0.343 e. The molecule has 30 heavy (non-hydrogen) atoms. The highest BCUT2D eigenvalue weighted by Crippen LogP contribution is 2.33. The number of hydrogen-bond donors (Lipinski definition) is 3. The normalized spacial score (nSPS) is 26.8. The van der Waals surface area contributed by atoms with Gasteiger partial charge in [0, 0.05) is 31.8 Å². The van der Waals surface area contributed by atoms with Crippen LogP contribution in [0.15, 0.2) is 29.4 Å². The zero-order chi connectivity index (χ0) is 21.7. The summed E-state index contributed by atoms with van der Waals surface area (Å²) in [6, 6.07) is 7.68. The van der Waals surface area contributed by atoms with E-state index in [1.165, 1.54) is 5.56 Å². The second-order valence-electron chi connectivity index (χ2n) is 8.79. The number of nitrogens with two attached hydrogens (primary N) is 1. The van der Waals surface area contributed by atoms with Crippen molar-refractivity contribution in [2.75, 3.05) is 27.2 Å². The molecular weight excluding hydrogens is 380 g/mol. The number of piperidine rings is 1. The SMILES string of the molecule is C[C@H]1CC[C@H](c2ccc(CN(C)C)cc2)N(C(=O)C(=O)N[C@H]2CC=NNCC2N)C1. The third-order valence-electron chi connectivity index (χ3n) is 5.84. The Labute approximate surface area is 178 Å². The maximum absolute atomic E-state index is 13.1. The van der Waals surface area contributed by atoms with E-state index in [-0.39, 0.29) is 18.1 Å². The summed E-state index contributed by atoms with van der Waals surface area (Å²) in [4.78, 5) is 29.8. The van der Waals surface area contributed by atoms with Gasteiger partial charge >= 0.3 is 11.8 Å². The van der Waals surface area contributed by atoms with Crippen LogP contribution in [-0.2, 0) is 16.1 Å². The van der Waals surface area contributed by atoms with Gasteiger partial charge in [-0.1, -0.05) is 31.2 Å². The quantitative estimate of drug-likeness (QED) is 0.634. The van der Waals surface area contributed by atoms with Crippen molar-refractivity contribution in [1.29, 1.82) is 0 Å². The number of benzene rings is 1. The van der Waals surface area contributed by atoms with Crippen molar-refractivity contribution in [3.05, 3.63) is 35.4 Å². The van der Waals surface area contributed by atoms with Gasteiger partial charge in [-0.3, -0.25) is 9.59 Å². The van der Waals surface area contributed by atoms with Gasteiger partial charge < -0.3 is 26.3 Å². The maximum Gasteiger partial charge on any atom is 0.312 e. The lowest BCUT2D eigenvalue weighted by atomic mass is 9.89. The molecule has 0 aliphatic carbocycles. The molecule has 4 atom stereocenters. The third-order valence-corrected chi connectivity index (χ3v) is 5.84. The molecule has 2 aliphatic rings. The number of hydrazone groups is 1. The number of likely N-dealkylation sites (tertiary alicyclic amines) is 1. The minimum Gasteiger partial charge on any atom is -0.343 e. The smallest absolute Gasteiger partial charge is 0.312 e. The van der Waals surface area contributed by atoms with E-state index in [1.54, 1.807) is 11.1 Å². The molecule has 1 aromatic rings. The van der Waals surface area contributed by atoms with Gasteiger partial charge in [0.25, 0.3) is 0 Å². The van der Waals surface area contributed by atoms with E-state index in [0.717, 1.165) is 24.9 Å². The second-order valence-corrected chi connectivity index (χ2v) is 8.79. The summed E-state index contributed by atoms with van der Waals surface area (Å²) in [6.45, 7) is 4.03. The topological polar surface area (TPSA) is 103 Å². The van der Waals surface area contributed by atoms with E-state index in [4.69, 9.17) is 5.73 Å². The maximum atomic E-state index is 13.1. The van der Waals surface area contributed by atoms with E-state index >= 15 is 0 Å². The number of rotatable bonds is 4. The van der Waals surface area contributed by atoms with Crippen molar-refractivity contribution in [3.63, 3.8) is 0 Å². The number of hydrogen-bond acceptors (Lipinski definition) is 6. The Morgan fingerprint density at radius 1 is 1.27 bits per heavy atom. The fourth-order valence-corrected chi connectivity index (χ4v) is 4.17. The van der Waals surface area contributed by atoms with Gasteiger partial charge in [-0.2, -0.15) is 5.10 Å². The first-order valence-electron chi connectivity index (χ1n) is 10.7. The number of carbonyl (C=O) groups is 2. The van der Waals surface area contributed by atoms with E-state index in [1.807, 2.05) is 14.1 Å². The molecule has 0 bridgehead atoms. The molecule has 3 rings (SSSR count). The van der Waals surface area contributed by atoms with Gasteiger partial charge in [-0.25, -0.2) is 0 Å². The molecular formula is C22H34N6O2. The van der Waals surface area contributed by atoms with Gasteiger partial charge in [0.1, 0.15) is 0 Å². The first-order chi connectivity index (χ1) is 14.3. The number of carbonyl (C=O) groups excluding carboxylic acids is 2. The lowest BCUT2D eigenvalue weighted by Gasteiger charge is -2.39. The Hall–Kier alpha value is -2.45. The predicted molar refractivity (Wildman–Crippen MR) is 118 cm³/mol. The van der Waals surface area contributed by atoms with Crippen LogP contribution in [0.25, 0.3) is 0 Å². The van der Waals surface area contributed by atoms with Crippen LogP contribution in [-0.4, -0.2) is 67.1 Å². The lowest BCUT2D eigenvalue weighted by molar-refractivity contribution is -0.149. The van der Waals surface area contributed by atoms with Gasteiger partial charge in [0.05, 0.1) is 18.6 Å². The zero-order valence-electron chi connectivity index (χ0n) is 18.2. The lowest BCUT2D eigenvalue weighted by Crippen LogP contribution is -2.55. The molecule has 1 fully saturated rings. The van der Waals surface area contributed by atoms with Crippen molar-refractivity contribution in [3.8, 4) is 0 Å². The molecule has 0 saturated carbocycles. The molecule has 0 aromatic heterocycles. The van der Waals surface area contributed by atoms with Crippen LogP contribution in [0.4, 0.5) is 0 Å². The van der Waals surface area contributed by atoms with E-state index < -0.39 is 11.8 Å². The fraction of sp³-hybridized carbons (Fsp3) is 0.591. The highest BCUT2D eigenvalue weighted by atomic mass is 16.2. The van der Waals surface area contributed by atoms with Crippen molar-refractivity contribution in [2.45, 2.75) is 50.9 Å². The zero-order valence-corrected chi connectivity index (χ0v) is 18.2. The summed E-state index contributed by atoms with van der Waals surface area (Å²) in [7, 11) is 4.08. The molecule has 8 heteroatoms. The summed E-state index contributed by atoms with van der Waals surface area (Å²) in [6.07, 6.45) is 4.07. The van der Waals surface area contributed by atoms with Gasteiger partial charge in [0.15, 0.2) is 0 Å². The molecule has 0 spiro atoms. The monoisotopic (exact) mass is 414 g/mol. The molecule has 8 nitrogen and oxygen atoms in total. The summed E-state index contributed by atoms with van der Waals surface area (Å²) >= 11 is 0. The Bertz CT molecular complexity index is 763. The first kappa shape index (κ1) is 22.2. The highest BCUT2D eigenvalue weighted by molar-refractivity contribution is 6.35. The van der Waals surface area contributed by atoms with Crippen LogP contribution in [0, 0.1) is 5.92 Å². The average Bonchev–Trinajstić information content (AvgIpc) is 2.92. The Kier molecular flexibility index (Phi) is 7.44. The van der Waals surface area contributed by atoms with Crippen molar-refractivity contribution in [1.82, 2.24) is 20.5 Å². The molecule has 2 aliphatic heterocycles. The molecule has 1 saturated heterocycles. The molecule has 2 heterocycles. The minimum absolute atomic E-state index is 0.0844.